The molecule has 1 aliphatic rings. The lowest BCUT2D eigenvalue weighted by atomic mass is 10.1. The van der Waals surface area contributed by atoms with Gasteiger partial charge in [0.05, 0.1) is 17.8 Å². The van der Waals surface area contributed by atoms with Gasteiger partial charge in [-0.1, -0.05) is 28.1 Å². The van der Waals surface area contributed by atoms with E-state index >= 15 is 0 Å². The molecule has 0 amide bonds. The topological polar surface area (TPSA) is 60.2 Å². The van der Waals surface area contributed by atoms with Gasteiger partial charge in [-0.05, 0) is 31.2 Å². The second kappa shape index (κ2) is 7.10. The Hall–Kier alpha value is -2.58. The van der Waals surface area contributed by atoms with Gasteiger partial charge in [-0.2, -0.15) is 0 Å². The van der Waals surface area contributed by atoms with Crippen LogP contribution in [0.3, 0.4) is 0 Å². The third-order valence-electron chi connectivity index (χ3n) is 4.45. The summed E-state index contributed by atoms with van der Waals surface area (Å²) in [7, 11) is 0. The monoisotopic (exact) mass is 461 g/mol. The first-order valence-electron chi connectivity index (χ1n) is 8.32. The van der Waals surface area contributed by atoms with Gasteiger partial charge in [-0.25, -0.2) is 13.8 Å². The van der Waals surface area contributed by atoms with Crippen LogP contribution in [0.1, 0.15) is 9.88 Å². The second-order valence-electron chi connectivity index (χ2n) is 6.29. The van der Waals surface area contributed by atoms with Crippen LogP contribution in [0, 0.1) is 24.0 Å². The zero-order chi connectivity index (χ0) is 20.0. The Labute approximate surface area is 172 Å². The van der Waals surface area contributed by atoms with Crippen molar-refractivity contribution in [2.45, 2.75) is 6.92 Å². The molecular formula is C20H14BrF2N3OS. The first kappa shape index (κ1) is 18.8. The van der Waals surface area contributed by atoms with Crippen molar-refractivity contribution in [3.8, 4) is 11.3 Å². The van der Waals surface area contributed by atoms with Gasteiger partial charge in [0, 0.05) is 26.7 Å². The van der Waals surface area contributed by atoms with Gasteiger partial charge < -0.3 is 10.0 Å². The van der Waals surface area contributed by atoms with Crippen molar-refractivity contribution in [3.05, 3.63) is 74.2 Å². The minimum Gasteiger partial charge on any atom is -0.510 e. The van der Waals surface area contributed by atoms with Crippen LogP contribution in [0.15, 0.2) is 52.7 Å². The third-order valence-corrected chi connectivity index (χ3v) is 5.96. The fourth-order valence-electron chi connectivity index (χ4n) is 3.06. The average Bonchev–Trinajstić information content (AvgIpc) is 3.17. The number of benzene rings is 2. The van der Waals surface area contributed by atoms with E-state index < -0.39 is 11.6 Å². The Morgan fingerprint density at radius 1 is 1.14 bits per heavy atom. The SMILES string of the molecule is Cc1sc(C2=C(O)CN(c3ccc(F)c(F)c3)C2=N)nc1-c1ccc(Br)cc1. The molecule has 0 radical (unpaired) electrons. The number of anilines is 1. The largest absolute Gasteiger partial charge is 0.510 e. The molecule has 1 aliphatic heterocycles. The smallest absolute Gasteiger partial charge is 0.160 e. The number of hydrogen-bond acceptors (Lipinski definition) is 4. The summed E-state index contributed by atoms with van der Waals surface area (Å²) in [6.45, 7) is 1.94. The first-order valence-corrected chi connectivity index (χ1v) is 9.93. The van der Waals surface area contributed by atoms with Gasteiger partial charge in [-0.15, -0.1) is 11.3 Å². The molecule has 0 unspecified atom stereocenters. The number of rotatable bonds is 3. The number of aryl methyl sites for hydroxylation is 1. The quantitative estimate of drug-likeness (QED) is 0.508. The van der Waals surface area contributed by atoms with E-state index in [0.717, 1.165) is 32.7 Å². The van der Waals surface area contributed by atoms with E-state index in [-0.39, 0.29) is 18.1 Å². The molecule has 28 heavy (non-hydrogen) atoms. The second-order valence-corrected chi connectivity index (χ2v) is 8.40. The molecule has 0 aliphatic carbocycles. The molecule has 142 valence electrons. The summed E-state index contributed by atoms with van der Waals surface area (Å²) in [5.74, 6) is -1.98. The van der Waals surface area contributed by atoms with Crippen molar-refractivity contribution < 1.29 is 13.9 Å². The van der Waals surface area contributed by atoms with E-state index in [1.807, 2.05) is 31.2 Å². The number of amidine groups is 1. The molecule has 4 nitrogen and oxygen atoms in total. The summed E-state index contributed by atoms with van der Waals surface area (Å²) >= 11 is 4.79. The molecule has 8 heteroatoms. The van der Waals surface area contributed by atoms with Crippen molar-refractivity contribution in [3.63, 3.8) is 0 Å². The van der Waals surface area contributed by atoms with Gasteiger partial charge in [-0.3, -0.25) is 5.41 Å². The van der Waals surface area contributed by atoms with Crippen LogP contribution in [0.4, 0.5) is 14.5 Å². The Bertz CT molecular complexity index is 1120. The Kier molecular flexibility index (Phi) is 4.76. The molecule has 0 atom stereocenters. The summed E-state index contributed by atoms with van der Waals surface area (Å²) in [6.07, 6.45) is 0. The summed E-state index contributed by atoms with van der Waals surface area (Å²) in [6, 6.07) is 11.1. The highest BCUT2D eigenvalue weighted by Gasteiger charge is 2.32. The maximum absolute atomic E-state index is 13.6. The van der Waals surface area contributed by atoms with Gasteiger partial charge in [0.25, 0.3) is 0 Å². The van der Waals surface area contributed by atoms with Crippen molar-refractivity contribution in [2.75, 3.05) is 11.4 Å². The molecule has 1 aromatic heterocycles. The lowest BCUT2D eigenvalue weighted by molar-refractivity contribution is 0.411. The fraction of sp³-hybridized carbons (Fsp3) is 0.100. The Morgan fingerprint density at radius 3 is 2.54 bits per heavy atom. The third kappa shape index (κ3) is 3.22. The first-order chi connectivity index (χ1) is 13.3. The van der Waals surface area contributed by atoms with Gasteiger partial charge >= 0.3 is 0 Å². The molecule has 4 rings (SSSR count). The molecule has 0 bridgehead atoms. The molecule has 2 N–H and O–H groups in total. The highest BCUT2D eigenvalue weighted by Crippen LogP contribution is 2.37. The van der Waals surface area contributed by atoms with Crippen LogP contribution >= 0.6 is 27.3 Å². The molecule has 0 spiro atoms. The Morgan fingerprint density at radius 2 is 1.86 bits per heavy atom. The predicted octanol–water partition coefficient (Wildman–Crippen LogP) is 5.93. The number of aliphatic hydroxyl groups is 1. The van der Waals surface area contributed by atoms with Crippen molar-refractivity contribution >= 4 is 44.4 Å². The van der Waals surface area contributed by atoms with Crippen LogP contribution in [0.2, 0.25) is 0 Å². The van der Waals surface area contributed by atoms with Gasteiger partial charge in [0.1, 0.15) is 16.6 Å². The highest BCUT2D eigenvalue weighted by atomic mass is 79.9. The molecule has 3 aromatic rings. The molecule has 0 fully saturated rings. The molecular weight excluding hydrogens is 448 g/mol. The van der Waals surface area contributed by atoms with E-state index in [9.17, 15) is 13.9 Å². The zero-order valence-corrected chi connectivity index (χ0v) is 17.0. The minimum absolute atomic E-state index is 0.000357. The van der Waals surface area contributed by atoms with Crippen molar-refractivity contribution in [1.29, 1.82) is 5.41 Å². The molecule has 2 aromatic carbocycles. The highest BCUT2D eigenvalue weighted by molar-refractivity contribution is 9.10. The van der Waals surface area contributed by atoms with Crippen LogP contribution < -0.4 is 4.90 Å². The number of halogens is 3. The predicted molar refractivity (Wildman–Crippen MR) is 111 cm³/mol. The summed E-state index contributed by atoms with van der Waals surface area (Å²) in [5.41, 5.74) is 2.32. The molecule has 0 saturated heterocycles. The number of hydrogen-bond donors (Lipinski definition) is 2. The maximum atomic E-state index is 13.6. The summed E-state index contributed by atoms with van der Waals surface area (Å²) in [4.78, 5) is 7.01. The lowest BCUT2D eigenvalue weighted by Gasteiger charge is -2.18. The van der Waals surface area contributed by atoms with Crippen LogP contribution in [0.25, 0.3) is 16.8 Å². The normalized spacial score (nSPS) is 14.3. The summed E-state index contributed by atoms with van der Waals surface area (Å²) < 4.78 is 27.8. The van der Waals surface area contributed by atoms with Crippen LogP contribution in [-0.2, 0) is 0 Å². The standard InChI is InChI=1S/C20H14BrF2N3OS/c1-10-18(11-2-4-12(21)5-3-11)25-20(28-10)17-16(27)9-26(19(17)24)13-6-7-14(22)15(23)8-13/h2-8,24,27H,9H2,1H3. The van der Waals surface area contributed by atoms with Crippen LogP contribution in [-0.4, -0.2) is 22.5 Å². The number of aromatic nitrogens is 1. The van der Waals surface area contributed by atoms with Gasteiger partial charge in [0.15, 0.2) is 11.6 Å². The van der Waals surface area contributed by atoms with E-state index in [0.29, 0.717) is 16.3 Å². The zero-order valence-electron chi connectivity index (χ0n) is 14.6. The van der Waals surface area contributed by atoms with E-state index in [1.165, 1.54) is 22.3 Å². The van der Waals surface area contributed by atoms with E-state index in [2.05, 4.69) is 20.9 Å². The van der Waals surface area contributed by atoms with Crippen molar-refractivity contribution in [2.24, 2.45) is 0 Å². The number of nitrogens with zero attached hydrogens (tertiary/aromatic N) is 2. The Balaban J connectivity index is 1.68. The van der Waals surface area contributed by atoms with Gasteiger partial charge in [0.2, 0.25) is 0 Å². The molecule has 2 heterocycles. The molecule has 0 saturated carbocycles. The fourth-order valence-corrected chi connectivity index (χ4v) is 4.32. The van der Waals surface area contributed by atoms with Crippen molar-refractivity contribution in [1.82, 2.24) is 4.98 Å². The maximum Gasteiger partial charge on any atom is 0.160 e. The lowest BCUT2D eigenvalue weighted by Crippen LogP contribution is -2.26. The summed E-state index contributed by atoms with van der Waals surface area (Å²) in [5, 5.41) is 19.4. The van der Waals surface area contributed by atoms with Crippen LogP contribution in [0.5, 0.6) is 0 Å². The number of thiazole rings is 1. The average molecular weight is 462 g/mol. The van der Waals surface area contributed by atoms with E-state index in [1.54, 1.807) is 0 Å². The number of aliphatic hydroxyl groups excluding tert-OH is 1. The minimum atomic E-state index is -0.999. The van der Waals surface area contributed by atoms with E-state index in [4.69, 9.17) is 5.41 Å². The number of nitrogens with one attached hydrogen (secondary N) is 1.